The van der Waals surface area contributed by atoms with Gasteiger partial charge in [-0.25, -0.2) is 0 Å². The number of amides is 1. The van der Waals surface area contributed by atoms with E-state index in [0.29, 0.717) is 12.1 Å². The van der Waals surface area contributed by atoms with Crippen LogP contribution in [0.3, 0.4) is 0 Å². The van der Waals surface area contributed by atoms with E-state index in [9.17, 15) is 4.79 Å². The number of nitrogens with two attached hydrogens (primary N) is 1. The van der Waals surface area contributed by atoms with Gasteiger partial charge in [-0.3, -0.25) is 4.79 Å². The molecule has 3 N–H and O–H groups in total. The van der Waals surface area contributed by atoms with Crippen LogP contribution < -0.4 is 11.1 Å². The summed E-state index contributed by atoms with van der Waals surface area (Å²) < 4.78 is 0. The van der Waals surface area contributed by atoms with Gasteiger partial charge < -0.3 is 11.1 Å². The summed E-state index contributed by atoms with van der Waals surface area (Å²) in [7, 11) is 0. The van der Waals surface area contributed by atoms with Gasteiger partial charge in [0.2, 0.25) is 0 Å². The molecule has 0 radical (unpaired) electrons. The molecule has 0 bridgehead atoms. The Morgan fingerprint density at radius 3 is 2.78 bits per heavy atom. The van der Waals surface area contributed by atoms with Gasteiger partial charge in [0.25, 0.3) is 5.91 Å². The average molecular weight is 264 g/mol. The van der Waals surface area contributed by atoms with E-state index in [4.69, 9.17) is 5.73 Å². The first-order chi connectivity index (χ1) is 8.34. The van der Waals surface area contributed by atoms with Crippen LogP contribution in [-0.2, 0) is 0 Å². The maximum Gasteiger partial charge on any atom is 0.252 e. The van der Waals surface area contributed by atoms with Crippen molar-refractivity contribution in [3.8, 4) is 11.8 Å². The molecule has 0 aliphatic carbocycles. The maximum absolute atomic E-state index is 12.0. The third-order valence-corrected chi connectivity index (χ3v) is 3.67. The van der Waals surface area contributed by atoms with Gasteiger partial charge in [0.05, 0.1) is 17.0 Å². The van der Waals surface area contributed by atoms with E-state index in [1.54, 1.807) is 6.07 Å². The zero-order chi connectivity index (χ0) is 13.8. The lowest BCUT2D eigenvalue weighted by Crippen LogP contribution is -2.41. The molecule has 18 heavy (non-hydrogen) atoms. The third-order valence-electron chi connectivity index (χ3n) is 2.82. The molecule has 0 spiro atoms. The highest BCUT2D eigenvalue weighted by molar-refractivity contribution is 7.10. The number of hydrogen-bond acceptors (Lipinski definition) is 3. The second kappa shape index (κ2) is 6.03. The van der Waals surface area contributed by atoms with Crippen molar-refractivity contribution in [2.45, 2.75) is 33.7 Å². The highest BCUT2D eigenvalue weighted by Crippen LogP contribution is 2.20. The topological polar surface area (TPSA) is 55.1 Å². The summed E-state index contributed by atoms with van der Waals surface area (Å²) >= 11 is 1.46. The molecule has 0 aliphatic rings. The van der Waals surface area contributed by atoms with Gasteiger partial charge in [-0.2, -0.15) is 0 Å². The molecule has 1 amide bonds. The van der Waals surface area contributed by atoms with Gasteiger partial charge in [0, 0.05) is 11.4 Å². The number of nitrogens with one attached hydrogen (secondary N) is 1. The van der Waals surface area contributed by atoms with Crippen LogP contribution in [0.1, 0.15) is 42.9 Å². The Morgan fingerprint density at radius 1 is 1.56 bits per heavy atom. The van der Waals surface area contributed by atoms with E-state index in [1.807, 2.05) is 12.3 Å². The molecule has 98 valence electrons. The van der Waals surface area contributed by atoms with Crippen LogP contribution in [0.2, 0.25) is 0 Å². The van der Waals surface area contributed by atoms with Crippen LogP contribution in [0.25, 0.3) is 0 Å². The Hall–Kier alpha value is -1.31. The molecule has 1 atom stereocenters. The molecule has 3 nitrogen and oxygen atoms in total. The third kappa shape index (κ3) is 4.17. The fourth-order valence-electron chi connectivity index (χ4n) is 1.16. The molecule has 4 heteroatoms. The molecule has 1 aromatic rings. The minimum atomic E-state index is -0.0468. The van der Waals surface area contributed by atoms with Crippen LogP contribution in [-0.4, -0.2) is 18.5 Å². The number of hydrogen-bond donors (Lipinski definition) is 2. The first-order valence-corrected chi connectivity index (χ1v) is 6.81. The summed E-state index contributed by atoms with van der Waals surface area (Å²) in [6.07, 6.45) is 0. The second-order valence-corrected chi connectivity index (χ2v) is 6.18. The smallest absolute Gasteiger partial charge is 0.252 e. The van der Waals surface area contributed by atoms with Crippen molar-refractivity contribution in [2.24, 2.45) is 11.1 Å². The molecule has 0 saturated heterocycles. The Bertz CT molecular complexity index is 474. The van der Waals surface area contributed by atoms with Gasteiger partial charge in [-0.05, 0) is 18.4 Å². The van der Waals surface area contributed by atoms with Crippen molar-refractivity contribution in [3.05, 3.63) is 21.9 Å². The van der Waals surface area contributed by atoms with E-state index < -0.39 is 0 Å². The lowest BCUT2D eigenvalue weighted by atomic mass is 9.88. The molecule has 0 aliphatic heterocycles. The summed E-state index contributed by atoms with van der Waals surface area (Å²) in [6.45, 7) is 8.65. The van der Waals surface area contributed by atoms with Crippen LogP contribution in [0.5, 0.6) is 0 Å². The molecular formula is C14H20N2OS. The predicted molar refractivity (Wildman–Crippen MR) is 76.6 cm³/mol. The summed E-state index contributed by atoms with van der Waals surface area (Å²) in [4.78, 5) is 12.9. The van der Waals surface area contributed by atoms with Gasteiger partial charge in [0.1, 0.15) is 0 Å². The molecule has 0 aromatic carbocycles. The van der Waals surface area contributed by atoms with Crippen LogP contribution in [0.15, 0.2) is 11.4 Å². The van der Waals surface area contributed by atoms with Crippen molar-refractivity contribution < 1.29 is 4.79 Å². The Labute approximate surface area is 113 Å². The Kier molecular flexibility index (Phi) is 4.94. The SMILES string of the molecule is CC(NC(=O)c1csc(C#CCN)c1)C(C)(C)C. The van der Waals surface area contributed by atoms with Crippen LogP contribution in [0, 0.1) is 17.3 Å². The van der Waals surface area contributed by atoms with Gasteiger partial charge >= 0.3 is 0 Å². The molecule has 1 aromatic heterocycles. The van der Waals surface area contributed by atoms with Crippen LogP contribution >= 0.6 is 11.3 Å². The highest BCUT2D eigenvalue weighted by atomic mass is 32.1. The second-order valence-electron chi connectivity index (χ2n) is 5.27. The molecule has 1 heterocycles. The van der Waals surface area contributed by atoms with Crippen molar-refractivity contribution in [1.82, 2.24) is 5.32 Å². The van der Waals surface area contributed by atoms with Gasteiger partial charge in [-0.15, -0.1) is 11.3 Å². The largest absolute Gasteiger partial charge is 0.349 e. The van der Waals surface area contributed by atoms with Crippen molar-refractivity contribution in [2.75, 3.05) is 6.54 Å². The molecule has 0 fully saturated rings. The average Bonchev–Trinajstić information content (AvgIpc) is 2.73. The number of carbonyl (C=O) groups excluding carboxylic acids is 1. The summed E-state index contributed by atoms with van der Waals surface area (Å²) in [5, 5.41) is 4.83. The van der Waals surface area contributed by atoms with E-state index in [1.165, 1.54) is 11.3 Å². The number of thiophene rings is 1. The standard InChI is InChI=1S/C14H20N2OS/c1-10(14(2,3)4)16-13(17)11-8-12(18-9-11)6-5-7-15/h8-10H,7,15H2,1-4H3,(H,16,17). The zero-order valence-corrected chi connectivity index (χ0v) is 12.1. The molecule has 0 saturated carbocycles. The van der Waals surface area contributed by atoms with Crippen molar-refractivity contribution in [3.63, 3.8) is 0 Å². The molecule has 1 unspecified atom stereocenters. The number of carbonyl (C=O) groups is 1. The van der Waals surface area contributed by atoms with E-state index >= 15 is 0 Å². The normalized spacial score (nSPS) is 12.5. The minimum absolute atomic E-state index is 0.0468. The van der Waals surface area contributed by atoms with Gasteiger partial charge in [-0.1, -0.05) is 32.6 Å². The van der Waals surface area contributed by atoms with Gasteiger partial charge in [0.15, 0.2) is 0 Å². The van der Waals surface area contributed by atoms with Crippen molar-refractivity contribution >= 4 is 17.2 Å². The van der Waals surface area contributed by atoms with Crippen molar-refractivity contribution in [1.29, 1.82) is 0 Å². The molecule has 1 rings (SSSR count). The fourth-order valence-corrected chi connectivity index (χ4v) is 1.91. The van der Waals surface area contributed by atoms with E-state index in [0.717, 1.165) is 4.88 Å². The summed E-state index contributed by atoms with van der Waals surface area (Å²) in [5.41, 5.74) is 6.02. The first kappa shape index (κ1) is 14.7. The quantitative estimate of drug-likeness (QED) is 0.805. The van der Waals surface area contributed by atoms with E-state index in [2.05, 4.69) is 37.9 Å². The Balaban J connectivity index is 2.71. The zero-order valence-electron chi connectivity index (χ0n) is 11.3. The monoisotopic (exact) mass is 264 g/mol. The fraction of sp³-hybridized carbons (Fsp3) is 0.500. The highest BCUT2D eigenvalue weighted by Gasteiger charge is 2.22. The molecular weight excluding hydrogens is 244 g/mol. The maximum atomic E-state index is 12.0. The first-order valence-electron chi connectivity index (χ1n) is 5.93. The summed E-state index contributed by atoms with van der Waals surface area (Å²) in [5.74, 6) is 5.66. The Morgan fingerprint density at radius 2 is 2.22 bits per heavy atom. The minimum Gasteiger partial charge on any atom is -0.349 e. The predicted octanol–water partition coefficient (Wildman–Crippen LogP) is 2.22. The lowest BCUT2D eigenvalue weighted by molar-refractivity contribution is 0.0910. The summed E-state index contributed by atoms with van der Waals surface area (Å²) in [6, 6.07) is 1.92. The van der Waals surface area contributed by atoms with Crippen LogP contribution in [0.4, 0.5) is 0 Å². The van der Waals surface area contributed by atoms with E-state index in [-0.39, 0.29) is 17.4 Å². The number of rotatable bonds is 2. The lowest BCUT2D eigenvalue weighted by Gasteiger charge is -2.27.